The highest BCUT2D eigenvalue weighted by Gasteiger charge is 2.33. The number of hydrogen-bond donors (Lipinski definition) is 1. The summed E-state index contributed by atoms with van der Waals surface area (Å²) in [4.78, 5) is 0. The van der Waals surface area contributed by atoms with Gasteiger partial charge >= 0.3 is 0 Å². The van der Waals surface area contributed by atoms with E-state index in [-0.39, 0.29) is 0 Å². The molecule has 1 aliphatic carbocycles. The van der Waals surface area contributed by atoms with E-state index in [0.717, 1.165) is 19.3 Å². The summed E-state index contributed by atoms with van der Waals surface area (Å²) in [6.07, 6.45) is 7.14. The summed E-state index contributed by atoms with van der Waals surface area (Å²) in [5.74, 6) is 0.490. The molecular formula is C8H12O2. The zero-order valence-corrected chi connectivity index (χ0v) is 5.86. The molecule has 2 aliphatic rings. The van der Waals surface area contributed by atoms with Crippen LogP contribution in [0.3, 0.4) is 0 Å². The summed E-state index contributed by atoms with van der Waals surface area (Å²) in [5, 5.41) is 9.10. The van der Waals surface area contributed by atoms with E-state index < -0.39 is 6.29 Å². The van der Waals surface area contributed by atoms with E-state index in [1.807, 2.05) is 0 Å². The maximum Gasteiger partial charge on any atom is 0.155 e. The zero-order chi connectivity index (χ0) is 6.97. The normalized spacial score (nSPS) is 45.5. The summed E-state index contributed by atoms with van der Waals surface area (Å²) in [6.45, 7) is 0. The third-order valence-electron chi connectivity index (χ3n) is 2.28. The average Bonchev–Trinajstić information content (AvgIpc) is 2.27. The molecule has 0 amide bonds. The van der Waals surface area contributed by atoms with E-state index in [1.165, 1.54) is 0 Å². The Morgan fingerprint density at radius 2 is 2.40 bits per heavy atom. The van der Waals surface area contributed by atoms with Crippen molar-refractivity contribution in [2.75, 3.05) is 0 Å². The molecule has 1 fully saturated rings. The minimum atomic E-state index is -0.502. The second-order valence-corrected chi connectivity index (χ2v) is 3.03. The fraction of sp³-hybridized carbons (Fsp3) is 0.750. The Morgan fingerprint density at radius 3 is 3.20 bits per heavy atom. The Labute approximate surface area is 60.5 Å². The lowest BCUT2D eigenvalue weighted by Crippen LogP contribution is -2.16. The van der Waals surface area contributed by atoms with Crippen molar-refractivity contribution in [3.63, 3.8) is 0 Å². The largest absolute Gasteiger partial charge is 0.368 e. The van der Waals surface area contributed by atoms with Crippen molar-refractivity contribution < 1.29 is 9.84 Å². The van der Waals surface area contributed by atoms with Crippen molar-refractivity contribution >= 4 is 0 Å². The van der Waals surface area contributed by atoms with Crippen LogP contribution >= 0.6 is 0 Å². The third-order valence-corrected chi connectivity index (χ3v) is 2.28. The fourth-order valence-electron chi connectivity index (χ4n) is 1.76. The lowest BCUT2D eigenvalue weighted by Gasteiger charge is -2.17. The molecule has 0 radical (unpaired) electrons. The molecule has 0 aromatic rings. The number of fused-ring (bicyclic) bond motifs is 1. The first-order valence-electron chi connectivity index (χ1n) is 3.86. The molecule has 2 heteroatoms. The van der Waals surface area contributed by atoms with Crippen LogP contribution in [0.4, 0.5) is 0 Å². The fourth-order valence-corrected chi connectivity index (χ4v) is 1.76. The second-order valence-electron chi connectivity index (χ2n) is 3.03. The molecule has 56 valence electrons. The van der Waals surface area contributed by atoms with Gasteiger partial charge < -0.3 is 9.84 Å². The molecule has 10 heavy (non-hydrogen) atoms. The van der Waals surface area contributed by atoms with E-state index >= 15 is 0 Å². The number of ether oxygens (including phenoxy) is 1. The molecule has 0 aromatic heterocycles. The highest BCUT2D eigenvalue weighted by atomic mass is 16.6. The van der Waals surface area contributed by atoms with Crippen LogP contribution < -0.4 is 0 Å². The lowest BCUT2D eigenvalue weighted by atomic mass is 9.92. The molecule has 0 saturated carbocycles. The Hall–Kier alpha value is -0.340. The van der Waals surface area contributed by atoms with Crippen molar-refractivity contribution in [3.05, 3.63) is 12.2 Å². The molecule has 0 aromatic carbocycles. The maximum absolute atomic E-state index is 9.10. The minimum absolute atomic E-state index is 0.306. The molecule has 2 rings (SSSR count). The van der Waals surface area contributed by atoms with Gasteiger partial charge in [0.2, 0.25) is 0 Å². The monoisotopic (exact) mass is 140 g/mol. The van der Waals surface area contributed by atoms with Crippen LogP contribution in [0.5, 0.6) is 0 Å². The van der Waals surface area contributed by atoms with Gasteiger partial charge in [-0.1, -0.05) is 12.2 Å². The topological polar surface area (TPSA) is 29.5 Å². The third kappa shape index (κ3) is 0.976. The Bertz CT molecular complexity index is 153. The summed E-state index contributed by atoms with van der Waals surface area (Å²) >= 11 is 0. The number of aliphatic hydroxyl groups is 1. The molecule has 1 aliphatic heterocycles. The van der Waals surface area contributed by atoms with Crippen molar-refractivity contribution in [1.29, 1.82) is 0 Å². The Balaban J connectivity index is 2.08. The molecule has 0 spiro atoms. The first-order valence-corrected chi connectivity index (χ1v) is 3.86. The lowest BCUT2D eigenvalue weighted by molar-refractivity contribution is -0.0930. The van der Waals surface area contributed by atoms with Crippen molar-refractivity contribution in [1.82, 2.24) is 0 Å². The average molecular weight is 140 g/mol. The van der Waals surface area contributed by atoms with Gasteiger partial charge in [-0.15, -0.1) is 0 Å². The van der Waals surface area contributed by atoms with Crippen LogP contribution in [-0.2, 0) is 4.74 Å². The standard InChI is InChI=1S/C8H12O2/c9-8-5-6-3-1-2-4-7(6)10-8/h1,3,6-9H,2,4-5H2/t6-,7-,8?/m0/s1. The van der Waals surface area contributed by atoms with Crippen LogP contribution in [-0.4, -0.2) is 17.5 Å². The summed E-state index contributed by atoms with van der Waals surface area (Å²) in [5.41, 5.74) is 0. The Morgan fingerprint density at radius 1 is 1.50 bits per heavy atom. The van der Waals surface area contributed by atoms with Gasteiger partial charge in [0.15, 0.2) is 6.29 Å². The van der Waals surface area contributed by atoms with Crippen molar-refractivity contribution in [2.24, 2.45) is 5.92 Å². The van der Waals surface area contributed by atoms with Crippen LogP contribution in [0.25, 0.3) is 0 Å². The van der Waals surface area contributed by atoms with Crippen molar-refractivity contribution in [2.45, 2.75) is 31.7 Å². The molecule has 1 heterocycles. The van der Waals surface area contributed by atoms with Gasteiger partial charge in [0.1, 0.15) is 0 Å². The molecule has 3 atom stereocenters. The van der Waals surface area contributed by atoms with Gasteiger partial charge in [0.25, 0.3) is 0 Å². The van der Waals surface area contributed by atoms with E-state index in [4.69, 9.17) is 9.84 Å². The Kier molecular flexibility index (Phi) is 1.51. The van der Waals surface area contributed by atoms with E-state index in [9.17, 15) is 0 Å². The maximum atomic E-state index is 9.10. The van der Waals surface area contributed by atoms with Gasteiger partial charge in [-0.3, -0.25) is 0 Å². The van der Waals surface area contributed by atoms with Gasteiger partial charge in [0, 0.05) is 12.3 Å². The predicted molar refractivity (Wildman–Crippen MR) is 37.4 cm³/mol. The zero-order valence-electron chi connectivity index (χ0n) is 5.86. The van der Waals surface area contributed by atoms with E-state index in [2.05, 4.69) is 12.2 Å². The van der Waals surface area contributed by atoms with Crippen LogP contribution in [0, 0.1) is 5.92 Å². The predicted octanol–water partition coefficient (Wildman–Crippen LogP) is 1.06. The molecule has 0 bridgehead atoms. The highest BCUT2D eigenvalue weighted by molar-refractivity contribution is 5.00. The quantitative estimate of drug-likeness (QED) is 0.510. The smallest absolute Gasteiger partial charge is 0.155 e. The molecule has 1 saturated heterocycles. The molecule has 2 nitrogen and oxygen atoms in total. The van der Waals surface area contributed by atoms with Crippen LogP contribution in [0.2, 0.25) is 0 Å². The number of aliphatic hydroxyl groups excluding tert-OH is 1. The molecular weight excluding hydrogens is 128 g/mol. The molecule has 1 unspecified atom stereocenters. The number of allylic oxidation sites excluding steroid dienone is 1. The van der Waals surface area contributed by atoms with Crippen LogP contribution in [0.15, 0.2) is 12.2 Å². The SMILES string of the molecule is OC1C[C@@H]2C=CCC[C@@H]2O1. The highest BCUT2D eigenvalue weighted by Crippen LogP contribution is 2.32. The van der Waals surface area contributed by atoms with Gasteiger partial charge in [0.05, 0.1) is 6.10 Å². The summed E-state index contributed by atoms with van der Waals surface area (Å²) in [6, 6.07) is 0. The van der Waals surface area contributed by atoms with E-state index in [1.54, 1.807) is 0 Å². The summed E-state index contributed by atoms with van der Waals surface area (Å²) < 4.78 is 5.27. The van der Waals surface area contributed by atoms with E-state index in [0.29, 0.717) is 12.0 Å². The first kappa shape index (κ1) is 6.38. The molecule has 1 N–H and O–H groups in total. The van der Waals surface area contributed by atoms with Gasteiger partial charge in [-0.25, -0.2) is 0 Å². The second kappa shape index (κ2) is 2.36. The number of rotatable bonds is 0. The van der Waals surface area contributed by atoms with Gasteiger partial charge in [-0.2, -0.15) is 0 Å². The van der Waals surface area contributed by atoms with Crippen LogP contribution in [0.1, 0.15) is 19.3 Å². The number of hydrogen-bond acceptors (Lipinski definition) is 2. The first-order chi connectivity index (χ1) is 4.86. The van der Waals surface area contributed by atoms with Gasteiger partial charge in [-0.05, 0) is 12.8 Å². The minimum Gasteiger partial charge on any atom is -0.368 e. The summed E-state index contributed by atoms with van der Waals surface area (Å²) in [7, 11) is 0. The van der Waals surface area contributed by atoms with Crippen molar-refractivity contribution in [3.8, 4) is 0 Å².